The fraction of sp³-hybridized carbons (Fsp3) is 0.0714. The first-order chi connectivity index (χ1) is 18.2. The minimum absolute atomic E-state index is 0.0323. The third-order valence-electron chi connectivity index (χ3n) is 5.97. The Bertz CT molecular complexity index is 1480. The Balaban J connectivity index is 1.52. The van der Waals surface area contributed by atoms with Crippen molar-refractivity contribution >= 4 is 34.6 Å². The minimum Gasteiger partial charge on any atom is -0.322 e. The average molecular weight is 511 g/mol. The van der Waals surface area contributed by atoms with Crippen molar-refractivity contribution in [2.75, 3.05) is 10.6 Å². The van der Waals surface area contributed by atoms with Crippen LogP contribution in [0.3, 0.4) is 0 Å². The highest BCUT2D eigenvalue weighted by molar-refractivity contribution is 6.08. The summed E-state index contributed by atoms with van der Waals surface area (Å²) in [5, 5.41) is 28.0. The molecule has 4 aromatic rings. The number of nitro groups is 2. The highest BCUT2D eigenvalue weighted by Gasteiger charge is 2.21. The third kappa shape index (κ3) is 5.39. The molecule has 0 heterocycles. The molecule has 4 aromatic carbocycles. The molecule has 0 fully saturated rings. The lowest BCUT2D eigenvalue weighted by Crippen LogP contribution is -2.14. The fourth-order valence-electron chi connectivity index (χ4n) is 4.00. The molecule has 4 rings (SSSR count). The van der Waals surface area contributed by atoms with Gasteiger partial charge < -0.3 is 10.6 Å². The van der Waals surface area contributed by atoms with Crippen molar-refractivity contribution in [2.24, 2.45) is 0 Å². The van der Waals surface area contributed by atoms with E-state index < -0.39 is 21.7 Å². The lowest BCUT2D eigenvalue weighted by atomic mass is 9.99. The van der Waals surface area contributed by atoms with E-state index in [-0.39, 0.29) is 22.5 Å². The van der Waals surface area contributed by atoms with E-state index in [0.29, 0.717) is 11.4 Å². The molecule has 10 nitrogen and oxygen atoms in total. The number of carbonyl (C=O) groups is 2. The number of rotatable bonds is 7. The van der Waals surface area contributed by atoms with Gasteiger partial charge in [0.1, 0.15) is 11.1 Å². The van der Waals surface area contributed by atoms with Crippen LogP contribution in [-0.2, 0) is 0 Å². The molecule has 0 spiro atoms. The molecule has 0 aliphatic rings. The van der Waals surface area contributed by atoms with Gasteiger partial charge in [-0.15, -0.1) is 0 Å². The number of anilines is 2. The molecule has 0 aromatic heterocycles. The maximum atomic E-state index is 12.7. The van der Waals surface area contributed by atoms with Crippen LogP contribution in [0.5, 0.6) is 0 Å². The highest BCUT2D eigenvalue weighted by atomic mass is 16.6. The van der Waals surface area contributed by atoms with Crippen molar-refractivity contribution in [3.8, 4) is 11.1 Å². The largest absolute Gasteiger partial charge is 0.322 e. The van der Waals surface area contributed by atoms with E-state index in [1.165, 1.54) is 36.4 Å². The molecule has 0 bridgehead atoms. The summed E-state index contributed by atoms with van der Waals surface area (Å²) >= 11 is 0. The topological polar surface area (TPSA) is 144 Å². The molecule has 0 saturated heterocycles. The first kappa shape index (κ1) is 25.7. The Morgan fingerprint density at radius 1 is 0.605 bits per heavy atom. The second-order valence-corrected chi connectivity index (χ2v) is 8.52. The van der Waals surface area contributed by atoms with Gasteiger partial charge in [0.05, 0.1) is 9.85 Å². The van der Waals surface area contributed by atoms with Gasteiger partial charge in [-0.05, 0) is 72.5 Å². The van der Waals surface area contributed by atoms with Gasteiger partial charge in [-0.25, -0.2) is 0 Å². The Morgan fingerprint density at radius 3 is 1.32 bits per heavy atom. The number of carbonyl (C=O) groups excluding carboxylic acids is 2. The van der Waals surface area contributed by atoms with E-state index in [2.05, 4.69) is 10.6 Å². The SMILES string of the molecule is Cc1cc(-c2ccc(NC(=O)c3ccccc3[N+](=O)[O-])c(C)c2)ccc1NC(=O)c1ccccc1[N+](=O)[O-]. The van der Waals surface area contributed by atoms with E-state index in [4.69, 9.17) is 0 Å². The van der Waals surface area contributed by atoms with Gasteiger partial charge in [-0.1, -0.05) is 36.4 Å². The van der Waals surface area contributed by atoms with Crippen LogP contribution in [0.15, 0.2) is 84.9 Å². The number of amides is 2. The number of para-hydroxylation sites is 2. The van der Waals surface area contributed by atoms with Crippen LogP contribution in [0.25, 0.3) is 11.1 Å². The predicted molar refractivity (Wildman–Crippen MR) is 143 cm³/mol. The number of hydrogen-bond acceptors (Lipinski definition) is 6. The molecule has 2 amide bonds. The molecule has 190 valence electrons. The van der Waals surface area contributed by atoms with Gasteiger partial charge in [0, 0.05) is 23.5 Å². The summed E-state index contributed by atoms with van der Waals surface area (Å²) in [6.45, 7) is 3.62. The number of benzene rings is 4. The first-order valence-corrected chi connectivity index (χ1v) is 11.5. The second-order valence-electron chi connectivity index (χ2n) is 8.52. The van der Waals surface area contributed by atoms with Crippen molar-refractivity contribution in [3.63, 3.8) is 0 Å². The molecule has 0 unspecified atom stereocenters. The molecule has 0 aliphatic heterocycles. The number of hydrogen-bond donors (Lipinski definition) is 2. The monoisotopic (exact) mass is 510 g/mol. The summed E-state index contributed by atoms with van der Waals surface area (Å²) in [6.07, 6.45) is 0. The van der Waals surface area contributed by atoms with Crippen LogP contribution in [-0.4, -0.2) is 21.7 Å². The summed E-state index contributed by atoms with van der Waals surface area (Å²) in [7, 11) is 0. The lowest BCUT2D eigenvalue weighted by Gasteiger charge is -2.13. The van der Waals surface area contributed by atoms with Crippen molar-refractivity contribution in [1.82, 2.24) is 0 Å². The second kappa shape index (κ2) is 10.7. The molecular formula is C28H22N4O6. The summed E-state index contributed by atoms with van der Waals surface area (Å²) in [5.74, 6) is -1.16. The summed E-state index contributed by atoms with van der Waals surface area (Å²) in [4.78, 5) is 46.7. The van der Waals surface area contributed by atoms with E-state index >= 15 is 0 Å². The number of nitrogens with zero attached hydrogens (tertiary/aromatic N) is 2. The van der Waals surface area contributed by atoms with Gasteiger partial charge in [-0.2, -0.15) is 0 Å². The zero-order valence-electron chi connectivity index (χ0n) is 20.4. The predicted octanol–water partition coefficient (Wildman–Crippen LogP) is 6.29. The lowest BCUT2D eigenvalue weighted by molar-refractivity contribution is -0.385. The minimum atomic E-state index is -0.597. The molecule has 0 saturated carbocycles. The first-order valence-electron chi connectivity index (χ1n) is 11.5. The van der Waals surface area contributed by atoms with Crippen LogP contribution in [0.1, 0.15) is 31.8 Å². The summed E-state index contributed by atoms with van der Waals surface area (Å²) in [5.41, 5.74) is 3.63. The standard InChI is InChI=1S/C28H22N4O6/c1-17-15-19(11-13-23(17)29-27(33)21-7-3-5-9-25(21)31(35)36)20-12-14-24(18(2)16-20)30-28(34)22-8-4-6-10-26(22)32(37)38/h3-16H,1-2H3,(H,29,33)(H,30,34). The summed E-state index contributed by atoms with van der Waals surface area (Å²) < 4.78 is 0. The van der Waals surface area contributed by atoms with Crippen molar-refractivity contribution in [2.45, 2.75) is 13.8 Å². The normalized spacial score (nSPS) is 10.5. The molecule has 38 heavy (non-hydrogen) atoms. The van der Waals surface area contributed by atoms with Crippen molar-refractivity contribution < 1.29 is 19.4 Å². The molecule has 0 atom stereocenters. The van der Waals surface area contributed by atoms with Crippen LogP contribution in [0.2, 0.25) is 0 Å². The Morgan fingerprint density at radius 2 is 0.974 bits per heavy atom. The van der Waals surface area contributed by atoms with E-state index in [9.17, 15) is 29.8 Å². The molecular weight excluding hydrogens is 488 g/mol. The smallest absolute Gasteiger partial charge is 0.282 e. The maximum absolute atomic E-state index is 12.7. The Kier molecular flexibility index (Phi) is 7.24. The van der Waals surface area contributed by atoms with Crippen LogP contribution < -0.4 is 10.6 Å². The van der Waals surface area contributed by atoms with Gasteiger partial charge in [0.25, 0.3) is 23.2 Å². The average Bonchev–Trinajstić information content (AvgIpc) is 2.90. The van der Waals surface area contributed by atoms with Crippen LogP contribution in [0.4, 0.5) is 22.7 Å². The van der Waals surface area contributed by atoms with Gasteiger partial charge in [0.15, 0.2) is 0 Å². The quantitative estimate of drug-likeness (QED) is 0.221. The molecule has 10 heteroatoms. The number of nitro benzene ring substituents is 2. The van der Waals surface area contributed by atoms with E-state index in [1.54, 1.807) is 24.3 Å². The van der Waals surface area contributed by atoms with Crippen molar-refractivity contribution in [1.29, 1.82) is 0 Å². The van der Waals surface area contributed by atoms with E-state index in [1.807, 2.05) is 38.1 Å². The zero-order chi connectivity index (χ0) is 27.4. The Hall–Kier alpha value is -5.38. The Labute approximate surface area is 217 Å². The van der Waals surface area contributed by atoms with Crippen LogP contribution >= 0.6 is 0 Å². The third-order valence-corrected chi connectivity index (χ3v) is 5.97. The molecule has 0 aliphatic carbocycles. The number of nitrogens with one attached hydrogen (secondary N) is 2. The molecule has 2 N–H and O–H groups in total. The number of aryl methyl sites for hydroxylation is 2. The van der Waals surface area contributed by atoms with Gasteiger partial charge in [-0.3, -0.25) is 29.8 Å². The highest BCUT2D eigenvalue weighted by Crippen LogP contribution is 2.29. The van der Waals surface area contributed by atoms with E-state index in [0.717, 1.165) is 22.3 Å². The van der Waals surface area contributed by atoms with Gasteiger partial charge in [0.2, 0.25) is 0 Å². The summed E-state index contributed by atoms with van der Waals surface area (Å²) in [6, 6.07) is 22.3. The molecule has 0 radical (unpaired) electrons. The fourth-order valence-corrected chi connectivity index (χ4v) is 4.00. The van der Waals surface area contributed by atoms with Crippen molar-refractivity contribution in [3.05, 3.63) is 127 Å². The van der Waals surface area contributed by atoms with Crippen LogP contribution in [0, 0.1) is 34.1 Å². The van der Waals surface area contributed by atoms with Gasteiger partial charge >= 0.3 is 0 Å². The zero-order valence-corrected chi connectivity index (χ0v) is 20.4. The maximum Gasteiger partial charge on any atom is 0.282 e.